The number of aromatic nitrogens is 2. The Morgan fingerprint density at radius 1 is 1.43 bits per heavy atom. The van der Waals surface area contributed by atoms with Gasteiger partial charge in [0.2, 0.25) is 5.91 Å². The predicted octanol–water partition coefficient (Wildman–Crippen LogP) is 1.47. The number of hydrogen-bond acceptors (Lipinski definition) is 5. The lowest BCUT2D eigenvalue weighted by Crippen LogP contribution is -2.54. The maximum absolute atomic E-state index is 12.6. The van der Waals surface area contributed by atoms with Gasteiger partial charge in [-0.15, -0.1) is 5.10 Å². The molecule has 1 aliphatic carbocycles. The number of nitrogens with one attached hydrogen (secondary N) is 1. The molecule has 3 atom stereocenters. The van der Waals surface area contributed by atoms with Crippen LogP contribution in [0.5, 0.6) is 0 Å². The van der Waals surface area contributed by atoms with Crippen molar-refractivity contribution in [2.75, 3.05) is 18.0 Å². The molecule has 2 aliphatic rings. The van der Waals surface area contributed by atoms with Crippen molar-refractivity contribution < 1.29 is 4.79 Å². The Hall–Kier alpha value is -1.69. The first-order valence-corrected chi connectivity index (χ1v) is 8.69. The highest BCUT2D eigenvalue weighted by atomic mass is 16.1. The van der Waals surface area contributed by atoms with Crippen molar-refractivity contribution in [1.82, 2.24) is 15.5 Å². The predicted molar refractivity (Wildman–Crippen MR) is 90.0 cm³/mol. The summed E-state index contributed by atoms with van der Waals surface area (Å²) < 4.78 is 0. The van der Waals surface area contributed by atoms with E-state index in [2.05, 4.69) is 20.4 Å². The van der Waals surface area contributed by atoms with Crippen molar-refractivity contribution in [3.63, 3.8) is 0 Å². The summed E-state index contributed by atoms with van der Waals surface area (Å²) in [5.41, 5.74) is 5.96. The molecule has 0 radical (unpaired) electrons. The van der Waals surface area contributed by atoms with E-state index in [4.69, 9.17) is 5.73 Å². The minimum Gasteiger partial charge on any atom is -0.354 e. The van der Waals surface area contributed by atoms with Crippen molar-refractivity contribution in [2.45, 2.75) is 57.0 Å². The summed E-state index contributed by atoms with van der Waals surface area (Å²) in [6.07, 6.45) is 7.93. The summed E-state index contributed by atoms with van der Waals surface area (Å²) in [6, 6.07) is 4.17. The van der Waals surface area contributed by atoms with Crippen molar-refractivity contribution in [2.24, 2.45) is 11.7 Å². The van der Waals surface area contributed by atoms with Gasteiger partial charge >= 0.3 is 0 Å². The van der Waals surface area contributed by atoms with Gasteiger partial charge in [0, 0.05) is 30.9 Å². The molecule has 1 saturated carbocycles. The maximum atomic E-state index is 12.6. The van der Waals surface area contributed by atoms with Gasteiger partial charge in [0.1, 0.15) is 0 Å². The standard InChI is InChI=1S/C17H27N5O/c1-17(18)9-3-2-7-14(17)16(23)19-12-13-6-5-11-22(13)15-8-4-10-20-21-15/h4,8,10,13-14H,2-3,5-7,9,11-12,18H2,1H3,(H,19,23). The first-order chi connectivity index (χ1) is 11.1. The van der Waals surface area contributed by atoms with Gasteiger partial charge in [-0.1, -0.05) is 12.8 Å². The molecule has 6 nitrogen and oxygen atoms in total. The van der Waals surface area contributed by atoms with Gasteiger partial charge in [0.15, 0.2) is 5.82 Å². The molecule has 1 aromatic heterocycles. The molecule has 1 aromatic rings. The third kappa shape index (κ3) is 3.63. The first-order valence-electron chi connectivity index (χ1n) is 8.69. The summed E-state index contributed by atoms with van der Waals surface area (Å²) in [7, 11) is 0. The van der Waals surface area contributed by atoms with E-state index in [-0.39, 0.29) is 17.4 Å². The second kappa shape index (κ2) is 6.83. The summed E-state index contributed by atoms with van der Waals surface area (Å²) in [5, 5.41) is 11.3. The highest BCUT2D eigenvalue weighted by Crippen LogP contribution is 2.31. The molecule has 0 spiro atoms. The molecule has 1 amide bonds. The average molecular weight is 317 g/mol. The Kier molecular flexibility index (Phi) is 4.80. The number of nitrogens with two attached hydrogens (primary N) is 1. The monoisotopic (exact) mass is 317 g/mol. The second-order valence-corrected chi connectivity index (χ2v) is 7.12. The van der Waals surface area contributed by atoms with Gasteiger partial charge < -0.3 is 16.0 Å². The number of rotatable bonds is 4. The Labute approximate surface area is 137 Å². The van der Waals surface area contributed by atoms with E-state index in [0.717, 1.165) is 50.9 Å². The van der Waals surface area contributed by atoms with Gasteiger partial charge in [-0.05, 0) is 44.7 Å². The van der Waals surface area contributed by atoms with Crippen LogP contribution >= 0.6 is 0 Å². The Morgan fingerprint density at radius 3 is 3.04 bits per heavy atom. The second-order valence-electron chi connectivity index (χ2n) is 7.12. The van der Waals surface area contributed by atoms with Gasteiger partial charge in [-0.2, -0.15) is 5.10 Å². The smallest absolute Gasteiger partial charge is 0.225 e. The fourth-order valence-corrected chi connectivity index (χ4v) is 3.93. The van der Waals surface area contributed by atoms with Crippen LogP contribution in [0, 0.1) is 5.92 Å². The minimum atomic E-state index is -0.372. The molecule has 1 aliphatic heterocycles. The topological polar surface area (TPSA) is 84.1 Å². The van der Waals surface area contributed by atoms with E-state index in [1.165, 1.54) is 0 Å². The van der Waals surface area contributed by atoms with Crippen LogP contribution in [0.25, 0.3) is 0 Å². The Bertz CT molecular complexity index is 533. The molecule has 0 bridgehead atoms. The van der Waals surface area contributed by atoms with E-state index in [1.54, 1.807) is 6.20 Å². The van der Waals surface area contributed by atoms with E-state index >= 15 is 0 Å². The molecular weight excluding hydrogens is 290 g/mol. The molecular formula is C17H27N5O. The van der Waals surface area contributed by atoms with Gasteiger partial charge in [0.25, 0.3) is 0 Å². The van der Waals surface area contributed by atoms with Gasteiger partial charge in [0.05, 0.1) is 5.92 Å². The van der Waals surface area contributed by atoms with Gasteiger partial charge in [-0.3, -0.25) is 4.79 Å². The molecule has 2 fully saturated rings. The van der Waals surface area contributed by atoms with Crippen LogP contribution in [0.3, 0.4) is 0 Å². The van der Waals surface area contributed by atoms with E-state index in [0.29, 0.717) is 12.6 Å². The van der Waals surface area contributed by atoms with E-state index < -0.39 is 0 Å². The average Bonchev–Trinajstić information content (AvgIpc) is 3.01. The lowest BCUT2D eigenvalue weighted by atomic mass is 9.74. The molecule has 2 heterocycles. The molecule has 3 unspecified atom stereocenters. The van der Waals surface area contributed by atoms with Crippen molar-refractivity contribution in [1.29, 1.82) is 0 Å². The Morgan fingerprint density at radius 2 is 2.30 bits per heavy atom. The molecule has 6 heteroatoms. The fraction of sp³-hybridized carbons (Fsp3) is 0.706. The lowest BCUT2D eigenvalue weighted by molar-refractivity contribution is -0.128. The molecule has 3 rings (SSSR count). The summed E-state index contributed by atoms with van der Waals surface area (Å²) >= 11 is 0. The van der Waals surface area contributed by atoms with Crippen LogP contribution in [0.2, 0.25) is 0 Å². The maximum Gasteiger partial charge on any atom is 0.225 e. The van der Waals surface area contributed by atoms with Crippen LogP contribution in [0.4, 0.5) is 5.82 Å². The highest BCUT2D eigenvalue weighted by Gasteiger charge is 2.38. The van der Waals surface area contributed by atoms with Gasteiger partial charge in [-0.25, -0.2) is 0 Å². The number of carbonyl (C=O) groups is 1. The quantitative estimate of drug-likeness (QED) is 0.878. The zero-order valence-corrected chi connectivity index (χ0v) is 13.9. The largest absolute Gasteiger partial charge is 0.354 e. The molecule has 1 saturated heterocycles. The zero-order chi connectivity index (χ0) is 16.3. The molecule has 3 N–H and O–H groups in total. The van der Waals surface area contributed by atoms with Crippen molar-refractivity contribution >= 4 is 11.7 Å². The third-order valence-corrected chi connectivity index (χ3v) is 5.31. The summed E-state index contributed by atoms with van der Waals surface area (Å²) in [5.74, 6) is 0.939. The molecule has 0 aromatic carbocycles. The highest BCUT2D eigenvalue weighted by molar-refractivity contribution is 5.80. The van der Waals surface area contributed by atoms with Crippen LogP contribution in [0.1, 0.15) is 45.4 Å². The van der Waals surface area contributed by atoms with Crippen LogP contribution in [-0.4, -0.2) is 40.8 Å². The number of anilines is 1. The Balaban J connectivity index is 1.58. The van der Waals surface area contributed by atoms with E-state index in [9.17, 15) is 4.79 Å². The number of carbonyl (C=O) groups excluding carboxylic acids is 1. The number of amides is 1. The number of nitrogens with zero attached hydrogens (tertiary/aromatic N) is 3. The lowest BCUT2D eigenvalue weighted by Gasteiger charge is -2.37. The third-order valence-electron chi connectivity index (χ3n) is 5.31. The SMILES string of the molecule is CC1(N)CCCCC1C(=O)NCC1CCCN1c1cccnn1. The zero-order valence-electron chi connectivity index (χ0n) is 13.9. The van der Waals surface area contributed by atoms with E-state index in [1.807, 2.05) is 19.1 Å². The molecule has 23 heavy (non-hydrogen) atoms. The van der Waals surface area contributed by atoms with Crippen LogP contribution in [-0.2, 0) is 4.79 Å². The summed E-state index contributed by atoms with van der Waals surface area (Å²) in [4.78, 5) is 14.8. The van der Waals surface area contributed by atoms with Crippen molar-refractivity contribution in [3.05, 3.63) is 18.3 Å². The number of hydrogen-bond donors (Lipinski definition) is 2. The normalized spacial score (nSPS) is 31.1. The van der Waals surface area contributed by atoms with Crippen LogP contribution in [0.15, 0.2) is 18.3 Å². The first kappa shape index (κ1) is 16.2. The molecule has 126 valence electrons. The fourth-order valence-electron chi connectivity index (χ4n) is 3.93. The minimum absolute atomic E-state index is 0.0670. The van der Waals surface area contributed by atoms with Crippen LogP contribution < -0.4 is 16.0 Å². The summed E-state index contributed by atoms with van der Waals surface area (Å²) in [6.45, 7) is 3.64. The van der Waals surface area contributed by atoms with Crippen molar-refractivity contribution in [3.8, 4) is 0 Å².